The molecule has 2 saturated carbocycles. The summed E-state index contributed by atoms with van der Waals surface area (Å²) in [7, 11) is 0. The van der Waals surface area contributed by atoms with Crippen LogP contribution in [0.25, 0.3) is 0 Å². The molecule has 3 aliphatic rings. The summed E-state index contributed by atoms with van der Waals surface area (Å²) in [5.74, 6) is 0.598. The van der Waals surface area contributed by atoms with Gasteiger partial charge in [-0.3, -0.25) is 0 Å². The van der Waals surface area contributed by atoms with E-state index in [1.54, 1.807) is 0 Å². The maximum absolute atomic E-state index is 10.8. The number of likely N-dealkylation sites (tertiary alicyclic amines) is 1. The van der Waals surface area contributed by atoms with Crippen LogP contribution in [0.2, 0.25) is 0 Å². The largest absolute Gasteiger partial charge is 0.392 e. The zero-order valence-electron chi connectivity index (χ0n) is 11.7. The molecule has 1 aliphatic heterocycles. The zero-order chi connectivity index (χ0) is 13.0. The molecule has 0 aromatic rings. The minimum absolute atomic E-state index is 0.0888. The van der Waals surface area contributed by atoms with Crippen LogP contribution in [0.15, 0.2) is 0 Å². The maximum atomic E-state index is 10.8. The third-order valence-electron chi connectivity index (χ3n) is 6.45. The predicted molar refractivity (Wildman–Crippen MR) is 71.2 cm³/mol. The Morgan fingerprint density at radius 1 is 1.28 bits per heavy atom. The lowest BCUT2D eigenvalue weighted by Gasteiger charge is -2.45. The Morgan fingerprint density at radius 2 is 1.94 bits per heavy atom. The van der Waals surface area contributed by atoms with Gasteiger partial charge in [0.15, 0.2) is 0 Å². The molecule has 2 N–H and O–H groups in total. The molecular weight excluding hydrogens is 226 g/mol. The Morgan fingerprint density at radius 3 is 2.44 bits per heavy atom. The number of aliphatic hydroxyl groups excluding tert-OH is 2. The van der Waals surface area contributed by atoms with Gasteiger partial charge in [0.25, 0.3) is 0 Å². The van der Waals surface area contributed by atoms with Gasteiger partial charge in [0, 0.05) is 12.0 Å². The van der Waals surface area contributed by atoms with Gasteiger partial charge in [0.2, 0.25) is 0 Å². The van der Waals surface area contributed by atoms with Gasteiger partial charge in [0.05, 0.1) is 12.2 Å². The SMILES string of the molecule is CC1(C)[C@@H]2CC[C@@]1([C@@H](O)CN1CCCC1)C(O)C2. The first-order valence-corrected chi connectivity index (χ1v) is 7.57. The lowest BCUT2D eigenvalue weighted by molar-refractivity contribution is -0.106. The monoisotopic (exact) mass is 253 g/mol. The van der Waals surface area contributed by atoms with E-state index in [-0.39, 0.29) is 23.0 Å². The van der Waals surface area contributed by atoms with Crippen LogP contribution < -0.4 is 0 Å². The molecule has 104 valence electrons. The van der Waals surface area contributed by atoms with Crippen LogP contribution >= 0.6 is 0 Å². The summed E-state index contributed by atoms with van der Waals surface area (Å²) in [4.78, 5) is 2.37. The average Bonchev–Trinajstić information content (AvgIpc) is 2.93. The van der Waals surface area contributed by atoms with Crippen molar-refractivity contribution in [2.75, 3.05) is 19.6 Å². The van der Waals surface area contributed by atoms with Gasteiger partial charge in [-0.2, -0.15) is 0 Å². The van der Waals surface area contributed by atoms with E-state index in [4.69, 9.17) is 0 Å². The van der Waals surface area contributed by atoms with Crippen molar-refractivity contribution >= 4 is 0 Å². The van der Waals surface area contributed by atoms with Crippen LogP contribution in [-0.2, 0) is 0 Å². The van der Waals surface area contributed by atoms with E-state index in [0.29, 0.717) is 5.92 Å². The summed E-state index contributed by atoms with van der Waals surface area (Å²) >= 11 is 0. The molecule has 4 atom stereocenters. The molecule has 0 amide bonds. The normalized spacial score (nSPS) is 44.7. The number of rotatable bonds is 3. The second-order valence-corrected chi connectivity index (χ2v) is 7.27. The molecule has 0 radical (unpaired) electrons. The summed E-state index contributed by atoms with van der Waals surface area (Å²) < 4.78 is 0. The first-order valence-electron chi connectivity index (χ1n) is 7.57. The van der Waals surface area contributed by atoms with Crippen LogP contribution in [0.3, 0.4) is 0 Å². The van der Waals surface area contributed by atoms with Gasteiger partial charge in [-0.25, -0.2) is 0 Å². The fourth-order valence-electron chi connectivity index (χ4n) is 5.16. The molecule has 1 heterocycles. The molecule has 3 heteroatoms. The lowest BCUT2D eigenvalue weighted by atomic mass is 9.64. The lowest BCUT2D eigenvalue weighted by Crippen LogP contribution is -2.52. The predicted octanol–water partition coefficient (Wildman–Crippen LogP) is 1.63. The minimum Gasteiger partial charge on any atom is -0.392 e. The standard InChI is InChI=1S/C15H27NO2/c1-14(2)11-5-6-15(14,12(17)9-11)13(18)10-16-7-3-4-8-16/h11-13,17-18H,3-10H2,1-2H3/t11-,12?,13+,15+/m1/s1. The Kier molecular flexibility index (Phi) is 3.00. The van der Waals surface area contributed by atoms with E-state index in [9.17, 15) is 10.2 Å². The van der Waals surface area contributed by atoms with Gasteiger partial charge in [-0.05, 0) is 56.5 Å². The van der Waals surface area contributed by atoms with Crippen LogP contribution in [-0.4, -0.2) is 47.0 Å². The molecule has 1 unspecified atom stereocenters. The maximum Gasteiger partial charge on any atom is 0.0753 e. The van der Waals surface area contributed by atoms with Crippen LogP contribution in [0.5, 0.6) is 0 Å². The summed E-state index contributed by atoms with van der Waals surface area (Å²) in [6, 6.07) is 0. The Balaban J connectivity index is 1.79. The molecule has 3 fully saturated rings. The molecule has 2 aliphatic carbocycles. The molecule has 2 bridgehead atoms. The van der Waals surface area contributed by atoms with Crippen LogP contribution in [0.4, 0.5) is 0 Å². The fourth-order valence-corrected chi connectivity index (χ4v) is 5.16. The first-order chi connectivity index (χ1) is 8.48. The minimum atomic E-state index is -0.368. The molecule has 18 heavy (non-hydrogen) atoms. The second kappa shape index (κ2) is 4.19. The summed E-state index contributed by atoms with van der Waals surface area (Å²) in [5, 5.41) is 21.3. The Hall–Kier alpha value is -0.120. The Labute approximate surface area is 110 Å². The van der Waals surface area contributed by atoms with Gasteiger partial charge in [0.1, 0.15) is 0 Å². The summed E-state index contributed by atoms with van der Waals surface area (Å²) in [6.45, 7) is 7.51. The highest BCUT2D eigenvalue weighted by Crippen LogP contribution is 2.67. The third kappa shape index (κ3) is 1.53. The van der Waals surface area contributed by atoms with E-state index in [0.717, 1.165) is 32.5 Å². The topological polar surface area (TPSA) is 43.7 Å². The number of nitrogens with zero attached hydrogens (tertiary/aromatic N) is 1. The molecule has 0 spiro atoms. The van der Waals surface area contributed by atoms with Crippen molar-refractivity contribution in [3.8, 4) is 0 Å². The van der Waals surface area contributed by atoms with Gasteiger partial charge < -0.3 is 15.1 Å². The third-order valence-corrected chi connectivity index (χ3v) is 6.45. The van der Waals surface area contributed by atoms with Crippen molar-refractivity contribution in [1.82, 2.24) is 4.90 Å². The molecule has 1 saturated heterocycles. The van der Waals surface area contributed by atoms with Crippen molar-refractivity contribution in [2.24, 2.45) is 16.7 Å². The van der Waals surface area contributed by atoms with Gasteiger partial charge in [-0.15, -0.1) is 0 Å². The van der Waals surface area contributed by atoms with Crippen molar-refractivity contribution in [1.29, 1.82) is 0 Å². The highest BCUT2D eigenvalue weighted by Gasteiger charge is 2.66. The van der Waals surface area contributed by atoms with E-state index in [1.807, 2.05) is 0 Å². The van der Waals surface area contributed by atoms with Crippen LogP contribution in [0.1, 0.15) is 46.0 Å². The first kappa shape index (κ1) is 12.9. The number of aliphatic hydroxyl groups is 2. The molecule has 0 aromatic carbocycles. The number of fused-ring (bicyclic) bond motifs is 2. The number of hydrogen-bond acceptors (Lipinski definition) is 3. The number of β-amino-alcohol motifs (C(OH)–C–C–N with tert-alkyl or cyclic N) is 1. The molecular formula is C15H27NO2. The van der Waals surface area contributed by atoms with Crippen molar-refractivity contribution in [2.45, 2.75) is 58.2 Å². The smallest absolute Gasteiger partial charge is 0.0753 e. The average molecular weight is 253 g/mol. The van der Waals surface area contributed by atoms with Crippen molar-refractivity contribution in [3.63, 3.8) is 0 Å². The Bertz CT molecular complexity index is 324. The number of hydrogen-bond donors (Lipinski definition) is 2. The summed E-state index contributed by atoms with van der Waals surface area (Å²) in [5.41, 5.74) is -0.161. The van der Waals surface area contributed by atoms with Gasteiger partial charge in [-0.1, -0.05) is 13.8 Å². The quantitative estimate of drug-likeness (QED) is 0.803. The van der Waals surface area contributed by atoms with Crippen LogP contribution in [0, 0.1) is 16.7 Å². The molecule has 3 nitrogen and oxygen atoms in total. The fraction of sp³-hybridized carbons (Fsp3) is 1.00. The highest BCUT2D eigenvalue weighted by atomic mass is 16.3. The summed E-state index contributed by atoms with van der Waals surface area (Å²) in [6.07, 6.45) is 4.92. The van der Waals surface area contributed by atoms with E-state index < -0.39 is 0 Å². The highest BCUT2D eigenvalue weighted by molar-refractivity contribution is 5.15. The van der Waals surface area contributed by atoms with Crippen molar-refractivity contribution in [3.05, 3.63) is 0 Å². The zero-order valence-corrected chi connectivity index (χ0v) is 11.7. The molecule has 0 aromatic heterocycles. The van der Waals surface area contributed by atoms with E-state index >= 15 is 0 Å². The van der Waals surface area contributed by atoms with E-state index in [1.165, 1.54) is 19.3 Å². The molecule has 3 rings (SSSR count). The van der Waals surface area contributed by atoms with Crippen molar-refractivity contribution < 1.29 is 10.2 Å². The second-order valence-electron chi connectivity index (χ2n) is 7.27. The van der Waals surface area contributed by atoms with E-state index in [2.05, 4.69) is 18.7 Å². The van der Waals surface area contributed by atoms with Gasteiger partial charge >= 0.3 is 0 Å².